The highest BCUT2D eigenvalue weighted by Gasteiger charge is 2.00. The average Bonchev–Trinajstić information content (AvgIpc) is 2.33. The maximum atomic E-state index is 11.2. The monoisotopic (exact) mass is 234 g/mol. The van der Waals surface area contributed by atoms with E-state index in [4.69, 9.17) is 11.6 Å². The van der Waals surface area contributed by atoms with Gasteiger partial charge in [-0.05, 0) is 5.56 Å². The largest absolute Gasteiger partial charge is 0.315 e. The third-order valence-corrected chi connectivity index (χ3v) is 2.69. The summed E-state index contributed by atoms with van der Waals surface area (Å²) in [5.74, 6) is 0.501. The van der Waals surface area contributed by atoms with Gasteiger partial charge in [0.15, 0.2) is 0 Å². The van der Waals surface area contributed by atoms with Gasteiger partial charge in [-0.25, -0.2) is 4.98 Å². The molecule has 0 N–H and O–H groups in total. The highest BCUT2D eigenvalue weighted by atomic mass is 35.5. The van der Waals surface area contributed by atoms with E-state index < -0.39 is 0 Å². The van der Waals surface area contributed by atoms with Crippen LogP contribution in [0.2, 0.25) is 0 Å². The number of rotatable bonds is 2. The predicted octanol–water partition coefficient (Wildman–Crippen LogP) is 2.19. The Morgan fingerprint density at radius 2 is 2.00 bits per heavy atom. The van der Waals surface area contributed by atoms with Gasteiger partial charge in [0, 0.05) is 24.7 Å². The van der Waals surface area contributed by atoms with Gasteiger partial charge < -0.3 is 4.57 Å². The van der Waals surface area contributed by atoms with Gasteiger partial charge in [0.05, 0.1) is 11.9 Å². The number of aryl methyl sites for hydroxylation is 1. The zero-order valence-corrected chi connectivity index (χ0v) is 9.61. The molecule has 0 spiro atoms. The SMILES string of the molecule is Cn1cc(-c2ccc(CCl)cc2)ncc1=O. The van der Waals surface area contributed by atoms with Crippen molar-refractivity contribution in [2.24, 2.45) is 7.05 Å². The van der Waals surface area contributed by atoms with Crippen LogP contribution in [0, 0.1) is 0 Å². The van der Waals surface area contributed by atoms with Crippen molar-refractivity contribution in [3.63, 3.8) is 0 Å². The summed E-state index contributed by atoms with van der Waals surface area (Å²) in [4.78, 5) is 15.3. The first-order valence-corrected chi connectivity index (χ1v) is 5.42. The Balaban J connectivity index is 2.42. The molecule has 0 saturated heterocycles. The van der Waals surface area contributed by atoms with E-state index in [2.05, 4.69) is 4.98 Å². The molecule has 1 aromatic heterocycles. The van der Waals surface area contributed by atoms with Crippen LogP contribution in [0.5, 0.6) is 0 Å². The first-order chi connectivity index (χ1) is 7.70. The lowest BCUT2D eigenvalue weighted by molar-refractivity contribution is 0.844. The summed E-state index contributed by atoms with van der Waals surface area (Å²) < 4.78 is 1.51. The molecule has 0 unspecified atom stereocenters. The molecule has 0 amide bonds. The lowest BCUT2D eigenvalue weighted by Crippen LogP contribution is -2.15. The van der Waals surface area contributed by atoms with E-state index in [1.807, 2.05) is 24.3 Å². The zero-order valence-electron chi connectivity index (χ0n) is 8.85. The third kappa shape index (κ3) is 2.14. The van der Waals surface area contributed by atoms with Crippen LogP contribution in [0.4, 0.5) is 0 Å². The summed E-state index contributed by atoms with van der Waals surface area (Å²) in [6, 6.07) is 7.80. The van der Waals surface area contributed by atoms with Crippen molar-refractivity contribution < 1.29 is 0 Å². The summed E-state index contributed by atoms with van der Waals surface area (Å²) in [5.41, 5.74) is 2.71. The maximum Gasteiger partial charge on any atom is 0.268 e. The minimum absolute atomic E-state index is 0.110. The number of hydrogen-bond donors (Lipinski definition) is 0. The molecule has 0 aliphatic heterocycles. The van der Waals surface area contributed by atoms with E-state index in [0.717, 1.165) is 16.8 Å². The van der Waals surface area contributed by atoms with Gasteiger partial charge in [-0.2, -0.15) is 0 Å². The smallest absolute Gasteiger partial charge is 0.268 e. The molecule has 0 radical (unpaired) electrons. The lowest BCUT2D eigenvalue weighted by Gasteiger charge is -2.03. The van der Waals surface area contributed by atoms with Gasteiger partial charge in [-0.1, -0.05) is 24.3 Å². The zero-order chi connectivity index (χ0) is 11.5. The number of nitrogens with zero attached hydrogens (tertiary/aromatic N) is 2. The lowest BCUT2D eigenvalue weighted by atomic mass is 10.1. The van der Waals surface area contributed by atoms with Crippen molar-refractivity contribution in [2.45, 2.75) is 5.88 Å². The molecule has 1 heterocycles. The molecule has 4 heteroatoms. The number of benzene rings is 1. The number of hydrogen-bond acceptors (Lipinski definition) is 2. The standard InChI is InChI=1S/C12H11ClN2O/c1-15-8-11(14-7-12(15)16)10-4-2-9(6-13)3-5-10/h2-5,7-8H,6H2,1H3. The molecule has 2 rings (SSSR count). The van der Waals surface area contributed by atoms with Crippen LogP contribution in [0.25, 0.3) is 11.3 Å². The second kappa shape index (κ2) is 4.49. The summed E-state index contributed by atoms with van der Waals surface area (Å²) in [7, 11) is 1.71. The molecule has 0 atom stereocenters. The second-order valence-electron chi connectivity index (χ2n) is 3.55. The van der Waals surface area contributed by atoms with Crippen molar-refractivity contribution >= 4 is 11.6 Å². The molecule has 0 fully saturated rings. The van der Waals surface area contributed by atoms with E-state index in [9.17, 15) is 4.79 Å². The molecule has 0 aliphatic rings. The molecule has 16 heavy (non-hydrogen) atoms. The summed E-state index contributed by atoms with van der Waals surface area (Å²) in [5, 5.41) is 0. The van der Waals surface area contributed by atoms with Gasteiger partial charge in [0.2, 0.25) is 0 Å². The first-order valence-electron chi connectivity index (χ1n) is 4.88. The molecule has 0 saturated carbocycles. The highest BCUT2D eigenvalue weighted by Crippen LogP contribution is 2.16. The molecular weight excluding hydrogens is 224 g/mol. The fraction of sp³-hybridized carbons (Fsp3) is 0.167. The minimum Gasteiger partial charge on any atom is -0.315 e. The van der Waals surface area contributed by atoms with Crippen LogP contribution in [-0.2, 0) is 12.9 Å². The maximum absolute atomic E-state index is 11.2. The fourth-order valence-electron chi connectivity index (χ4n) is 1.41. The Morgan fingerprint density at radius 3 is 2.56 bits per heavy atom. The first kappa shape index (κ1) is 10.9. The minimum atomic E-state index is -0.110. The molecule has 1 aromatic carbocycles. The van der Waals surface area contributed by atoms with Crippen LogP contribution in [-0.4, -0.2) is 9.55 Å². The normalized spacial score (nSPS) is 10.4. The van der Waals surface area contributed by atoms with E-state index in [1.54, 1.807) is 13.2 Å². The number of halogens is 1. The Labute approximate surface area is 98.3 Å². The molecule has 82 valence electrons. The van der Waals surface area contributed by atoms with Gasteiger partial charge in [-0.15, -0.1) is 11.6 Å². The topological polar surface area (TPSA) is 34.9 Å². The Bertz CT molecular complexity index is 546. The van der Waals surface area contributed by atoms with E-state index >= 15 is 0 Å². The van der Waals surface area contributed by atoms with Crippen LogP contribution in [0.3, 0.4) is 0 Å². The van der Waals surface area contributed by atoms with Crippen molar-refractivity contribution in [1.29, 1.82) is 0 Å². The summed E-state index contributed by atoms with van der Waals surface area (Å²) in [6.07, 6.45) is 3.04. The predicted molar refractivity (Wildman–Crippen MR) is 64.5 cm³/mol. The molecule has 2 aromatic rings. The van der Waals surface area contributed by atoms with Crippen LogP contribution in [0.1, 0.15) is 5.56 Å². The highest BCUT2D eigenvalue weighted by molar-refractivity contribution is 6.17. The Hall–Kier alpha value is -1.61. The summed E-state index contributed by atoms with van der Waals surface area (Å²) in [6.45, 7) is 0. The van der Waals surface area contributed by atoms with Crippen LogP contribution >= 0.6 is 11.6 Å². The van der Waals surface area contributed by atoms with E-state index in [-0.39, 0.29) is 5.56 Å². The van der Waals surface area contributed by atoms with Crippen LogP contribution in [0.15, 0.2) is 41.5 Å². The van der Waals surface area contributed by atoms with Crippen molar-refractivity contribution in [3.8, 4) is 11.3 Å². The van der Waals surface area contributed by atoms with E-state index in [1.165, 1.54) is 10.8 Å². The molecule has 0 aliphatic carbocycles. The van der Waals surface area contributed by atoms with Crippen molar-refractivity contribution in [1.82, 2.24) is 9.55 Å². The van der Waals surface area contributed by atoms with Gasteiger partial charge in [0.25, 0.3) is 5.56 Å². The van der Waals surface area contributed by atoms with Crippen LogP contribution < -0.4 is 5.56 Å². The van der Waals surface area contributed by atoms with Gasteiger partial charge in [-0.3, -0.25) is 4.79 Å². The van der Waals surface area contributed by atoms with Crippen molar-refractivity contribution in [2.75, 3.05) is 0 Å². The third-order valence-electron chi connectivity index (χ3n) is 2.38. The van der Waals surface area contributed by atoms with Gasteiger partial charge in [0.1, 0.15) is 0 Å². The number of alkyl halides is 1. The number of aromatic nitrogens is 2. The van der Waals surface area contributed by atoms with Gasteiger partial charge >= 0.3 is 0 Å². The Morgan fingerprint density at radius 1 is 1.31 bits per heavy atom. The fourth-order valence-corrected chi connectivity index (χ4v) is 1.59. The molecule has 3 nitrogen and oxygen atoms in total. The average molecular weight is 235 g/mol. The second-order valence-corrected chi connectivity index (χ2v) is 3.82. The Kier molecular flexibility index (Phi) is 3.06. The van der Waals surface area contributed by atoms with E-state index in [0.29, 0.717) is 5.88 Å². The summed E-state index contributed by atoms with van der Waals surface area (Å²) >= 11 is 5.71. The molecule has 0 bridgehead atoms. The van der Waals surface area contributed by atoms with Crippen molar-refractivity contribution in [3.05, 3.63) is 52.6 Å². The quantitative estimate of drug-likeness (QED) is 0.747. The molecular formula is C12H11ClN2O.